The lowest BCUT2D eigenvalue weighted by Crippen LogP contribution is -2.30. The van der Waals surface area contributed by atoms with Gasteiger partial charge in [-0.1, -0.05) is 54.6 Å². The fraction of sp³-hybridized carbons (Fsp3) is 0.0952. The van der Waals surface area contributed by atoms with Gasteiger partial charge in [0.15, 0.2) is 6.04 Å². The summed E-state index contributed by atoms with van der Waals surface area (Å²) in [5.41, 5.74) is 2.70. The van der Waals surface area contributed by atoms with Gasteiger partial charge < -0.3 is 0 Å². The van der Waals surface area contributed by atoms with Gasteiger partial charge in [-0.15, -0.1) is 0 Å². The molecule has 1 unspecified atom stereocenters. The van der Waals surface area contributed by atoms with E-state index in [0.29, 0.717) is 11.1 Å². The molecule has 4 nitrogen and oxygen atoms in total. The summed E-state index contributed by atoms with van der Waals surface area (Å²) in [6.45, 7) is 1.88. The summed E-state index contributed by atoms with van der Waals surface area (Å²) in [6.07, 6.45) is 1.68. The number of aryl methyl sites for hydroxylation is 1. The molecule has 0 saturated heterocycles. The van der Waals surface area contributed by atoms with Gasteiger partial charge in [0.1, 0.15) is 5.49 Å². The molecule has 0 aliphatic rings. The van der Waals surface area contributed by atoms with E-state index in [2.05, 4.69) is 11.1 Å². The van der Waals surface area contributed by atoms with E-state index < -0.39 is 6.04 Å². The van der Waals surface area contributed by atoms with Crippen molar-refractivity contribution in [2.75, 3.05) is 0 Å². The Morgan fingerprint density at radius 3 is 2.28 bits per heavy atom. The monoisotopic (exact) mass is 327 g/mol. The minimum Gasteiger partial charge on any atom is -0.268 e. The van der Waals surface area contributed by atoms with E-state index in [1.807, 2.05) is 61.5 Å². The van der Waals surface area contributed by atoms with Crippen LogP contribution in [0.2, 0.25) is 0 Å². The van der Waals surface area contributed by atoms with Crippen LogP contribution in [0, 0.1) is 18.3 Å². The highest BCUT2D eigenvalue weighted by atomic mass is 16.2. The first kappa shape index (κ1) is 16.4. The van der Waals surface area contributed by atoms with Crippen molar-refractivity contribution in [2.45, 2.75) is 13.0 Å². The molecule has 0 radical (unpaired) electrons. The molecule has 4 heteroatoms. The fourth-order valence-electron chi connectivity index (χ4n) is 2.59. The smallest absolute Gasteiger partial charge is 0.263 e. The molecule has 0 saturated carbocycles. The molecule has 3 aromatic rings. The summed E-state index contributed by atoms with van der Waals surface area (Å²) in [4.78, 5) is 17.4. The first-order valence-corrected chi connectivity index (χ1v) is 7.97. The SMILES string of the molecule is Cc1cccn(C(=O)c2ccccc2)c1=NC(C#N)c1ccccc1. The first-order chi connectivity index (χ1) is 12.2. The van der Waals surface area contributed by atoms with Crippen molar-refractivity contribution in [3.63, 3.8) is 0 Å². The van der Waals surface area contributed by atoms with Gasteiger partial charge in [-0.25, -0.2) is 4.99 Å². The Labute approximate surface area is 146 Å². The highest BCUT2D eigenvalue weighted by Crippen LogP contribution is 2.15. The van der Waals surface area contributed by atoms with Gasteiger partial charge >= 0.3 is 0 Å². The maximum atomic E-state index is 12.8. The van der Waals surface area contributed by atoms with Crippen LogP contribution in [0.3, 0.4) is 0 Å². The molecular weight excluding hydrogens is 310 g/mol. The Kier molecular flexibility index (Phi) is 4.87. The number of aromatic nitrogens is 1. The van der Waals surface area contributed by atoms with Crippen molar-refractivity contribution in [3.05, 3.63) is 101 Å². The van der Waals surface area contributed by atoms with E-state index in [1.165, 1.54) is 4.57 Å². The average molecular weight is 327 g/mol. The molecule has 2 aromatic carbocycles. The molecule has 0 N–H and O–H groups in total. The number of carbonyl (C=O) groups excluding carboxylic acids is 1. The maximum Gasteiger partial charge on any atom is 0.263 e. The van der Waals surface area contributed by atoms with Gasteiger partial charge in [0.2, 0.25) is 0 Å². The summed E-state index contributed by atoms with van der Waals surface area (Å²) < 4.78 is 1.50. The van der Waals surface area contributed by atoms with Crippen LogP contribution in [-0.2, 0) is 0 Å². The predicted molar refractivity (Wildman–Crippen MR) is 95.7 cm³/mol. The Morgan fingerprint density at radius 2 is 1.64 bits per heavy atom. The third kappa shape index (κ3) is 3.56. The molecule has 122 valence electrons. The lowest BCUT2D eigenvalue weighted by molar-refractivity contribution is 0.0954. The molecule has 25 heavy (non-hydrogen) atoms. The minimum absolute atomic E-state index is 0.173. The number of rotatable bonds is 3. The zero-order chi connectivity index (χ0) is 17.6. The highest BCUT2D eigenvalue weighted by Gasteiger charge is 2.13. The summed E-state index contributed by atoms with van der Waals surface area (Å²) in [5, 5.41) is 9.54. The molecule has 1 heterocycles. The molecule has 0 bridgehead atoms. The van der Waals surface area contributed by atoms with Crippen LogP contribution in [0.5, 0.6) is 0 Å². The summed E-state index contributed by atoms with van der Waals surface area (Å²) in [6, 6.07) is 23.6. The molecule has 0 aliphatic heterocycles. The van der Waals surface area contributed by atoms with Gasteiger partial charge in [-0.2, -0.15) is 5.26 Å². The number of pyridine rings is 1. The topological polar surface area (TPSA) is 58.1 Å². The van der Waals surface area contributed by atoms with Gasteiger partial charge in [-0.05, 0) is 36.2 Å². The van der Waals surface area contributed by atoms with Gasteiger partial charge in [-0.3, -0.25) is 9.36 Å². The number of nitriles is 1. The molecule has 1 aromatic heterocycles. The van der Waals surface area contributed by atoms with Gasteiger partial charge in [0, 0.05) is 11.8 Å². The second-order valence-corrected chi connectivity index (χ2v) is 5.63. The molecule has 0 amide bonds. The zero-order valence-corrected chi connectivity index (χ0v) is 13.8. The van der Waals surface area contributed by atoms with Crippen molar-refractivity contribution in [1.82, 2.24) is 4.57 Å². The number of carbonyl (C=O) groups is 1. The largest absolute Gasteiger partial charge is 0.268 e. The Balaban J connectivity index is 2.14. The molecular formula is C21H17N3O. The van der Waals surface area contributed by atoms with Gasteiger partial charge in [0.25, 0.3) is 5.91 Å². The molecule has 0 spiro atoms. The van der Waals surface area contributed by atoms with Gasteiger partial charge in [0.05, 0.1) is 6.07 Å². The quantitative estimate of drug-likeness (QED) is 0.737. The number of nitrogens with zero attached hydrogens (tertiary/aromatic N) is 3. The van der Waals surface area contributed by atoms with Crippen LogP contribution < -0.4 is 5.49 Å². The first-order valence-electron chi connectivity index (χ1n) is 7.97. The van der Waals surface area contributed by atoms with Crippen molar-refractivity contribution >= 4 is 5.91 Å². The molecule has 0 fully saturated rings. The minimum atomic E-state index is -0.669. The van der Waals surface area contributed by atoms with E-state index in [0.717, 1.165) is 11.1 Å². The van der Waals surface area contributed by atoms with Crippen molar-refractivity contribution in [3.8, 4) is 6.07 Å². The van der Waals surface area contributed by atoms with E-state index >= 15 is 0 Å². The van der Waals surface area contributed by atoms with E-state index in [-0.39, 0.29) is 5.91 Å². The summed E-state index contributed by atoms with van der Waals surface area (Å²) >= 11 is 0. The molecule has 3 rings (SSSR count). The second kappa shape index (κ2) is 7.41. The van der Waals surface area contributed by atoms with E-state index in [4.69, 9.17) is 0 Å². The Morgan fingerprint density at radius 1 is 1.00 bits per heavy atom. The van der Waals surface area contributed by atoms with Crippen molar-refractivity contribution in [2.24, 2.45) is 4.99 Å². The van der Waals surface area contributed by atoms with Crippen LogP contribution in [-0.4, -0.2) is 10.5 Å². The van der Waals surface area contributed by atoms with E-state index in [1.54, 1.807) is 24.4 Å². The van der Waals surface area contributed by atoms with Crippen molar-refractivity contribution < 1.29 is 4.79 Å². The third-order valence-electron chi connectivity index (χ3n) is 3.89. The normalized spacial score (nSPS) is 12.4. The Bertz CT molecular complexity index is 983. The number of hydrogen-bond acceptors (Lipinski definition) is 3. The van der Waals surface area contributed by atoms with Crippen LogP contribution in [0.4, 0.5) is 0 Å². The second-order valence-electron chi connectivity index (χ2n) is 5.63. The van der Waals surface area contributed by atoms with Crippen molar-refractivity contribution in [1.29, 1.82) is 5.26 Å². The predicted octanol–water partition coefficient (Wildman–Crippen LogP) is 3.65. The molecule has 1 atom stereocenters. The zero-order valence-electron chi connectivity index (χ0n) is 13.8. The Hall–Kier alpha value is -3.45. The highest BCUT2D eigenvalue weighted by molar-refractivity contribution is 5.95. The lowest BCUT2D eigenvalue weighted by Gasteiger charge is -2.10. The molecule has 0 aliphatic carbocycles. The number of benzene rings is 2. The average Bonchev–Trinajstić information content (AvgIpc) is 2.68. The standard InChI is InChI=1S/C21H17N3O/c1-16-9-8-14-24(21(25)18-12-6-3-7-13-18)20(16)23-19(15-22)17-10-4-2-5-11-17/h2-14,19H,1H3. The fourth-order valence-corrected chi connectivity index (χ4v) is 2.59. The number of hydrogen-bond donors (Lipinski definition) is 0. The van der Waals surface area contributed by atoms with Crippen LogP contribution >= 0.6 is 0 Å². The summed E-state index contributed by atoms with van der Waals surface area (Å²) in [5.74, 6) is -0.173. The maximum absolute atomic E-state index is 12.8. The van der Waals surface area contributed by atoms with Crippen LogP contribution in [0.15, 0.2) is 84.0 Å². The lowest BCUT2D eigenvalue weighted by atomic mass is 10.1. The third-order valence-corrected chi connectivity index (χ3v) is 3.89. The van der Waals surface area contributed by atoms with E-state index in [9.17, 15) is 10.1 Å². The van der Waals surface area contributed by atoms with Crippen LogP contribution in [0.25, 0.3) is 0 Å². The summed E-state index contributed by atoms with van der Waals surface area (Å²) in [7, 11) is 0. The van der Waals surface area contributed by atoms with Crippen LogP contribution in [0.1, 0.15) is 27.5 Å².